The summed E-state index contributed by atoms with van der Waals surface area (Å²) in [5, 5.41) is 3.75. The van der Waals surface area contributed by atoms with Crippen LogP contribution in [0, 0.1) is 12.8 Å². The van der Waals surface area contributed by atoms with Crippen LogP contribution in [-0.2, 0) is 26.2 Å². The first-order valence-corrected chi connectivity index (χ1v) is 15.3. The maximum absolute atomic E-state index is 14.1. The van der Waals surface area contributed by atoms with Crippen LogP contribution < -0.4 is 9.62 Å². The van der Waals surface area contributed by atoms with E-state index in [1.807, 2.05) is 27.7 Å². The molecule has 7 nitrogen and oxygen atoms in total. The first-order valence-electron chi connectivity index (χ1n) is 13.1. The molecule has 214 valence electrons. The van der Waals surface area contributed by atoms with Crippen LogP contribution in [-0.4, -0.2) is 44.3 Å². The third-order valence-corrected chi connectivity index (χ3v) is 8.78. The first kappa shape index (κ1) is 31.5. The maximum atomic E-state index is 14.1. The molecule has 10 heteroatoms. The second-order valence-electron chi connectivity index (χ2n) is 9.98. The molecule has 1 atom stereocenters. The van der Waals surface area contributed by atoms with Crippen LogP contribution in [0.2, 0.25) is 10.0 Å². The molecule has 0 spiro atoms. The van der Waals surface area contributed by atoms with E-state index in [0.29, 0.717) is 34.3 Å². The highest BCUT2D eigenvalue weighted by atomic mass is 35.5. The van der Waals surface area contributed by atoms with E-state index >= 15 is 0 Å². The summed E-state index contributed by atoms with van der Waals surface area (Å²) >= 11 is 12.4. The molecule has 0 radical (unpaired) electrons. The van der Waals surface area contributed by atoms with Gasteiger partial charge < -0.3 is 10.2 Å². The molecule has 0 bridgehead atoms. The summed E-state index contributed by atoms with van der Waals surface area (Å²) in [7, 11) is -4.17. The average molecular weight is 605 g/mol. The zero-order valence-corrected chi connectivity index (χ0v) is 25.4. The Bertz CT molecular complexity index is 1410. The molecule has 3 aromatic carbocycles. The number of nitrogens with one attached hydrogen (secondary N) is 1. The van der Waals surface area contributed by atoms with E-state index in [1.54, 1.807) is 48.5 Å². The van der Waals surface area contributed by atoms with Crippen LogP contribution in [0.4, 0.5) is 5.69 Å². The predicted octanol–water partition coefficient (Wildman–Crippen LogP) is 6.08. The summed E-state index contributed by atoms with van der Waals surface area (Å²) in [6.07, 6.45) is 0.328. The molecule has 0 aliphatic carbocycles. The van der Waals surface area contributed by atoms with Gasteiger partial charge in [0, 0.05) is 23.1 Å². The highest BCUT2D eigenvalue weighted by Crippen LogP contribution is 2.27. The van der Waals surface area contributed by atoms with Gasteiger partial charge in [0.05, 0.1) is 10.6 Å². The Morgan fingerprint density at radius 2 is 1.55 bits per heavy atom. The third-order valence-electron chi connectivity index (χ3n) is 6.37. The Balaban J connectivity index is 2.05. The SMILES string of the molecule is CC[C@@H](C(=O)NCC(C)C)N(Cc1ccccc1Cl)C(=O)CN(c1ccc(C)cc1)S(=O)(=O)c1ccc(Cl)cc1. The second kappa shape index (κ2) is 14.0. The lowest BCUT2D eigenvalue weighted by Gasteiger charge is -2.33. The molecule has 3 rings (SSSR count). The molecule has 0 heterocycles. The molecule has 0 fully saturated rings. The Morgan fingerprint density at radius 3 is 2.12 bits per heavy atom. The summed E-state index contributed by atoms with van der Waals surface area (Å²) in [6, 6.07) is 18.9. The molecule has 0 aliphatic heterocycles. The number of benzene rings is 3. The number of anilines is 1. The van der Waals surface area contributed by atoms with Gasteiger partial charge in [0.1, 0.15) is 12.6 Å². The average Bonchev–Trinajstić information content (AvgIpc) is 2.92. The number of rotatable bonds is 12. The van der Waals surface area contributed by atoms with Crippen molar-refractivity contribution < 1.29 is 18.0 Å². The van der Waals surface area contributed by atoms with E-state index in [1.165, 1.54) is 29.2 Å². The lowest BCUT2D eigenvalue weighted by molar-refractivity contribution is -0.140. The standard InChI is InChI=1S/C30H35Cl2N3O4S/c1-5-28(30(37)33-18-21(2)3)34(19-23-8-6-7-9-27(23)32)29(36)20-35(25-14-10-22(4)11-15-25)40(38,39)26-16-12-24(31)13-17-26/h6-17,21,28H,5,18-20H2,1-4H3,(H,33,37)/t28-/m0/s1. The van der Waals surface area contributed by atoms with Crippen LogP contribution >= 0.6 is 23.2 Å². The van der Waals surface area contributed by atoms with E-state index in [2.05, 4.69) is 5.32 Å². The number of carbonyl (C=O) groups is 2. The molecule has 0 unspecified atom stereocenters. The fourth-order valence-electron chi connectivity index (χ4n) is 4.13. The molecule has 40 heavy (non-hydrogen) atoms. The van der Waals surface area contributed by atoms with Gasteiger partial charge in [-0.25, -0.2) is 8.42 Å². The normalized spacial score (nSPS) is 12.2. The monoisotopic (exact) mass is 603 g/mol. The third kappa shape index (κ3) is 7.99. The van der Waals surface area contributed by atoms with Crippen molar-refractivity contribution in [2.45, 2.75) is 51.6 Å². The summed E-state index contributed by atoms with van der Waals surface area (Å²) in [4.78, 5) is 28.7. The van der Waals surface area contributed by atoms with Crippen molar-refractivity contribution in [2.24, 2.45) is 5.92 Å². The van der Waals surface area contributed by atoms with Gasteiger partial charge in [0.15, 0.2) is 0 Å². The second-order valence-corrected chi connectivity index (χ2v) is 12.7. The van der Waals surface area contributed by atoms with Crippen molar-refractivity contribution in [3.63, 3.8) is 0 Å². The zero-order chi connectivity index (χ0) is 29.4. The molecule has 0 saturated carbocycles. The van der Waals surface area contributed by atoms with Crippen LogP contribution in [0.1, 0.15) is 38.3 Å². The Kier molecular flexibility index (Phi) is 11.0. The van der Waals surface area contributed by atoms with Crippen molar-refractivity contribution in [1.82, 2.24) is 10.2 Å². The van der Waals surface area contributed by atoms with Gasteiger partial charge in [-0.15, -0.1) is 0 Å². The number of halogens is 2. The first-order chi connectivity index (χ1) is 18.9. The van der Waals surface area contributed by atoms with Crippen LogP contribution in [0.3, 0.4) is 0 Å². The zero-order valence-electron chi connectivity index (χ0n) is 23.1. The highest BCUT2D eigenvalue weighted by molar-refractivity contribution is 7.92. The van der Waals surface area contributed by atoms with E-state index in [-0.39, 0.29) is 23.3 Å². The Labute approximate surface area is 247 Å². The van der Waals surface area contributed by atoms with E-state index < -0.39 is 28.5 Å². The van der Waals surface area contributed by atoms with Crippen LogP contribution in [0.15, 0.2) is 77.7 Å². The number of hydrogen-bond acceptors (Lipinski definition) is 4. The Hall–Kier alpha value is -3.07. The van der Waals surface area contributed by atoms with Gasteiger partial charge >= 0.3 is 0 Å². The molecule has 1 N–H and O–H groups in total. The van der Waals surface area contributed by atoms with Gasteiger partial charge in [0.25, 0.3) is 10.0 Å². The molecule has 3 aromatic rings. The van der Waals surface area contributed by atoms with E-state index in [9.17, 15) is 18.0 Å². The van der Waals surface area contributed by atoms with Gasteiger partial charge in [-0.05, 0) is 67.3 Å². The lowest BCUT2D eigenvalue weighted by Crippen LogP contribution is -2.52. The fraction of sp³-hybridized carbons (Fsp3) is 0.333. The van der Waals surface area contributed by atoms with Crippen LogP contribution in [0.5, 0.6) is 0 Å². The van der Waals surface area contributed by atoms with Crippen molar-refractivity contribution in [2.75, 3.05) is 17.4 Å². The number of sulfonamides is 1. The van der Waals surface area contributed by atoms with Crippen molar-refractivity contribution in [3.8, 4) is 0 Å². The minimum absolute atomic E-state index is 0.00959. The van der Waals surface area contributed by atoms with Crippen LogP contribution in [0.25, 0.3) is 0 Å². The van der Waals surface area contributed by atoms with Gasteiger partial charge in [-0.3, -0.25) is 13.9 Å². The molecule has 0 aromatic heterocycles. The number of carbonyl (C=O) groups excluding carboxylic acids is 2. The summed E-state index contributed by atoms with van der Waals surface area (Å²) < 4.78 is 28.8. The van der Waals surface area contributed by atoms with Gasteiger partial charge in [0.2, 0.25) is 11.8 Å². The molecular formula is C30H35Cl2N3O4S. The van der Waals surface area contributed by atoms with Crippen molar-refractivity contribution >= 4 is 50.7 Å². The smallest absolute Gasteiger partial charge is 0.264 e. The summed E-state index contributed by atoms with van der Waals surface area (Å²) in [5.74, 6) is -0.626. The molecule has 2 amide bonds. The van der Waals surface area contributed by atoms with Crippen molar-refractivity contribution in [3.05, 3.63) is 94.0 Å². The fourth-order valence-corrected chi connectivity index (χ4v) is 5.86. The largest absolute Gasteiger partial charge is 0.354 e. The molecule has 0 saturated heterocycles. The number of nitrogens with zero attached hydrogens (tertiary/aromatic N) is 2. The summed E-state index contributed by atoms with van der Waals surface area (Å²) in [6.45, 7) is 7.63. The van der Waals surface area contributed by atoms with Crippen molar-refractivity contribution in [1.29, 1.82) is 0 Å². The van der Waals surface area contributed by atoms with Gasteiger partial charge in [-0.2, -0.15) is 0 Å². The summed E-state index contributed by atoms with van der Waals surface area (Å²) in [5.41, 5.74) is 1.91. The van der Waals surface area contributed by atoms with E-state index in [0.717, 1.165) is 9.87 Å². The molecule has 0 aliphatic rings. The predicted molar refractivity (Wildman–Crippen MR) is 161 cm³/mol. The lowest BCUT2D eigenvalue weighted by atomic mass is 10.1. The number of aryl methyl sites for hydroxylation is 1. The quantitative estimate of drug-likeness (QED) is 0.272. The Morgan fingerprint density at radius 1 is 0.925 bits per heavy atom. The molecular weight excluding hydrogens is 569 g/mol. The highest BCUT2D eigenvalue weighted by Gasteiger charge is 2.34. The van der Waals surface area contributed by atoms with Gasteiger partial charge in [-0.1, -0.05) is 79.9 Å². The number of amides is 2. The van der Waals surface area contributed by atoms with E-state index in [4.69, 9.17) is 23.2 Å². The minimum Gasteiger partial charge on any atom is -0.354 e. The minimum atomic E-state index is -4.17. The maximum Gasteiger partial charge on any atom is 0.264 e. The topological polar surface area (TPSA) is 86.8 Å². The number of hydrogen-bond donors (Lipinski definition) is 1.